The maximum Gasteiger partial charge on any atom is 0.262 e. The molecule has 2 heterocycles. The van der Waals surface area contributed by atoms with E-state index in [4.69, 9.17) is 4.98 Å². The van der Waals surface area contributed by atoms with Crippen molar-refractivity contribution in [1.29, 1.82) is 0 Å². The highest BCUT2D eigenvalue weighted by Gasteiger charge is 2.12. The lowest BCUT2D eigenvalue weighted by molar-refractivity contribution is 0.103. The van der Waals surface area contributed by atoms with Gasteiger partial charge in [0, 0.05) is 36.7 Å². The Morgan fingerprint density at radius 3 is 2.00 bits per heavy atom. The third-order valence-electron chi connectivity index (χ3n) is 6.02. The van der Waals surface area contributed by atoms with Gasteiger partial charge in [-0.1, -0.05) is 84.2 Å². The summed E-state index contributed by atoms with van der Waals surface area (Å²) in [6.07, 6.45) is 0. The number of tetrazole rings is 1. The Balaban J connectivity index is 1.23. The number of nitrogens with zero attached hydrogens (tertiary/aromatic N) is 6. The van der Waals surface area contributed by atoms with E-state index in [1.54, 1.807) is 35.1 Å². The van der Waals surface area contributed by atoms with Gasteiger partial charge < -0.3 is 0 Å². The molecule has 0 fully saturated rings. The lowest BCUT2D eigenvalue weighted by Gasteiger charge is -2.10. The molecule has 0 bridgehead atoms. The molecule has 0 aliphatic rings. The fourth-order valence-electron chi connectivity index (χ4n) is 3.90. The zero-order valence-electron chi connectivity index (χ0n) is 20.6. The SMILES string of the molecule is Cc1cccc2nc(SCc3ccc(C(=O)c4ccc(CSc5nnnn5C)cc4)cc3)n(C)c(=O)c12. The van der Waals surface area contributed by atoms with Crippen LogP contribution in [0.5, 0.6) is 0 Å². The minimum absolute atomic E-state index is 0.0233. The van der Waals surface area contributed by atoms with Crippen LogP contribution in [0.3, 0.4) is 0 Å². The molecule has 0 amide bonds. The van der Waals surface area contributed by atoms with Crippen molar-refractivity contribution >= 4 is 40.2 Å². The normalized spacial score (nSPS) is 11.2. The number of aromatic nitrogens is 6. The van der Waals surface area contributed by atoms with Crippen LogP contribution >= 0.6 is 23.5 Å². The van der Waals surface area contributed by atoms with Crippen molar-refractivity contribution in [3.63, 3.8) is 0 Å². The molecule has 37 heavy (non-hydrogen) atoms. The number of hydrogen-bond donors (Lipinski definition) is 0. The second-order valence-electron chi connectivity index (χ2n) is 8.61. The van der Waals surface area contributed by atoms with E-state index in [9.17, 15) is 9.59 Å². The largest absolute Gasteiger partial charge is 0.290 e. The van der Waals surface area contributed by atoms with Gasteiger partial charge >= 0.3 is 0 Å². The van der Waals surface area contributed by atoms with E-state index in [1.807, 2.05) is 73.7 Å². The zero-order valence-corrected chi connectivity index (χ0v) is 22.2. The van der Waals surface area contributed by atoms with Gasteiger partial charge in [0.05, 0.1) is 10.9 Å². The van der Waals surface area contributed by atoms with E-state index in [1.165, 1.54) is 11.8 Å². The topological polar surface area (TPSA) is 95.6 Å². The van der Waals surface area contributed by atoms with Crippen LogP contribution in [-0.2, 0) is 25.6 Å². The molecule has 0 radical (unpaired) electrons. The molecule has 8 nitrogen and oxygen atoms in total. The van der Waals surface area contributed by atoms with Crippen molar-refractivity contribution in [2.45, 2.75) is 28.7 Å². The molecule has 0 N–H and O–H groups in total. The minimum atomic E-state index is -0.0400. The number of ketones is 1. The van der Waals surface area contributed by atoms with E-state index in [-0.39, 0.29) is 11.3 Å². The number of fused-ring (bicyclic) bond motifs is 1. The Hall–Kier alpha value is -3.76. The first kappa shape index (κ1) is 24.9. The number of rotatable bonds is 8. The zero-order chi connectivity index (χ0) is 25.9. The minimum Gasteiger partial charge on any atom is -0.290 e. The third kappa shape index (κ3) is 5.35. The maximum atomic E-state index is 13.0. The second-order valence-corrected chi connectivity index (χ2v) is 10.5. The molecule has 0 unspecified atom stereocenters. The monoisotopic (exact) mass is 528 g/mol. The van der Waals surface area contributed by atoms with Crippen molar-refractivity contribution in [3.8, 4) is 0 Å². The molecule has 0 atom stereocenters. The van der Waals surface area contributed by atoms with Gasteiger partial charge in [-0.3, -0.25) is 14.2 Å². The van der Waals surface area contributed by atoms with Crippen LogP contribution in [0.1, 0.15) is 32.6 Å². The maximum absolute atomic E-state index is 13.0. The predicted octanol–water partition coefficient (Wildman–Crippen LogP) is 4.58. The van der Waals surface area contributed by atoms with E-state index in [0.29, 0.717) is 38.7 Å². The van der Waals surface area contributed by atoms with Crippen LogP contribution in [0.2, 0.25) is 0 Å². The lowest BCUT2D eigenvalue weighted by Crippen LogP contribution is -2.20. The van der Waals surface area contributed by atoms with Crippen molar-refractivity contribution in [2.24, 2.45) is 14.1 Å². The fourth-order valence-corrected chi connectivity index (χ4v) is 5.63. The molecule has 0 saturated carbocycles. The van der Waals surface area contributed by atoms with Crippen molar-refractivity contribution in [2.75, 3.05) is 0 Å². The van der Waals surface area contributed by atoms with Crippen LogP contribution in [0.4, 0.5) is 0 Å². The summed E-state index contributed by atoms with van der Waals surface area (Å²) in [5.74, 6) is 1.33. The van der Waals surface area contributed by atoms with Crippen LogP contribution < -0.4 is 5.56 Å². The van der Waals surface area contributed by atoms with Crippen molar-refractivity contribution < 1.29 is 4.79 Å². The summed E-state index contributed by atoms with van der Waals surface area (Å²) in [7, 11) is 3.56. The van der Waals surface area contributed by atoms with E-state index in [2.05, 4.69) is 15.5 Å². The molecular weight excluding hydrogens is 504 g/mol. The van der Waals surface area contributed by atoms with Gasteiger partial charge in [-0.2, -0.15) is 0 Å². The first-order valence-electron chi connectivity index (χ1n) is 11.6. The van der Waals surface area contributed by atoms with Gasteiger partial charge in [-0.15, -0.1) is 5.10 Å². The molecule has 0 aliphatic carbocycles. The molecule has 186 valence electrons. The molecule has 5 rings (SSSR count). The Bertz CT molecular complexity index is 1640. The van der Waals surface area contributed by atoms with Crippen LogP contribution in [0, 0.1) is 6.92 Å². The number of benzene rings is 3. The lowest BCUT2D eigenvalue weighted by atomic mass is 10.0. The first-order chi connectivity index (χ1) is 17.9. The summed E-state index contributed by atoms with van der Waals surface area (Å²) in [6.45, 7) is 1.92. The van der Waals surface area contributed by atoms with Gasteiger partial charge in [0.25, 0.3) is 5.56 Å². The summed E-state index contributed by atoms with van der Waals surface area (Å²) in [6, 6.07) is 20.9. The number of aryl methyl sites for hydroxylation is 2. The van der Waals surface area contributed by atoms with Crippen molar-refractivity contribution in [1.82, 2.24) is 29.8 Å². The highest BCUT2D eigenvalue weighted by Crippen LogP contribution is 2.24. The smallest absolute Gasteiger partial charge is 0.262 e. The molecule has 0 saturated heterocycles. The van der Waals surface area contributed by atoms with Gasteiger partial charge in [-0.25, -0.2) is 9.67 Å². The van der Waals surface area contributed by atoms with E-state index in [0.717, 1.165) is 21.8 Å². The molecule has 10 heteroatoms. The average molecular weight is 529 g/mol. The summed E-state index contributed by atoms with van der Waals surface area (Å²) < 4.78 is 3.23. The summed E-state index contributed by atoms with van der Waals surface area (Å²) in [5, 5.41) is 13.5. The molecule has 0 aliphatic heterocycles. The van der Waals surface area contributed by atoms with Gasteiger partial charge in [0.1, 0.15) is 0 Å². The van der Waals surface area contributed by atoms with Gasteiger partial charge in [0.2, 0.25) is 5.16 Å². The van der Waals surface area contributed by atoms with E-state index < -0.39 is 0 Å². The van der Waals surface area contributed by atoms with Crippen LogP contribution in [-0.4, -0.2) is 35.5 Å². The Morgan fingerprint density at radius 2 is 1.43 bits per heavy atom. The Morgan fingerprint density at radius 1 is 0.838 bits per heavy atom. The van der Waals surface area contributed by atoms with Gasteiger partial charge in [0.15, 0.2) is 10.9 Å². The fraction of sp³-hybridized carbons (Fsp3) is 0.185. The second kappa shape index (κ2) is 10.7. The Kier molecular flexibility index (Phi) is 7.20. The summed E-state index contributed by atoms with van der Waals surface area (Å²) >= 11 is 3.04. The summed E-state index contributed by atoms with van der Waals surface area (Å²) in [5.41, 5.74) is 5.00. The number of carbonyl (C=O) groups excluding carboxylic acids is 1. The Labute approximate surface area is 222 Å². The number of carbonyl (C=O) groups is 1. The molecule has 2 aromatic heterocycles. The standard InChI is InChI=1S/C27H24N6O2S2/c1-17-5-4-6-22-23(17)25(35)32(2)26(28-22)36-15-18-7-11-20(12-8-18)24(34)21-13-9-19(10-14-21)16-37-27-29-30-31-33(27)3/h4-14H,15-16H2,1-3H3. The predicted molar refractivity (Wildman–Crippen MR) is 146 cm³/mol. The third-order valence-corrected chi connectivity index (χ3v) is 8.20. The van der Waals surface area contributed by atoms with Crippen molar-refractivity contribution in [3.05, 3.63) is 105 Å². The van der Waals surface area contributed by atoms with Crippen LogP contribution in [0.15, 0.2) is 81.8 Å². The number of thioether (sulfide) groups is 2. The first-order valence-corrected chi connectivity index (χ1v) is 13.5. The quantitative estimate of drug-likeness (QED) is 0.164. The molecular formula is C27H24N6O2S2. The number of hydrogen-bond acceptors (Lipinski definition) is 8. The van der Waals surface area contributed by atoms with Gasteiger partial charge in [-0.05, 0) is 40.1 Å². The average Bonchev–Trinajstić information content (AvgIpc) is 3.33. The highest BCUT2D eigenvalue weighted by atomic mass is 32.2. The highest BCUT2D eigenvalue weighted by molar-refractivity contribution is 7.98. The van der Waals surface area contributed by atoms with E-state index >= 15 is 0 Å². The summed E-state index contributed by atoms with van der Waals surface area (Å²) in [4.78, 5) is 30.5. The molecule has 3 aromatic carbocycles. The van der Waals surface area contributed by atoms with Crippen LogP contribution in [0.25, 0.3) is 10.9 Å². The molecule has 5 aromatic rings. The molecule has 0 spiro atoms.